The summed E-state index contributed by atoms with van der Waals surface area (Å²) in [6.45, 7) is 4.14. The summed E-state index contributed by atoms with van der Waals surface area (Å²) in [5.41, 5.74) is 0.818. The molecule has 0 aliphatic rings. The van der Waals surface area contributed by atoms with Crippen molar-refractivity contribution < 1.29 is 4.39 Å². The smallest absolute Gasteiger partial charge is 0.126 e. The van der Waals surface area contributed by atoms with Crippen molar-refractivity contribution in [2.45, 2.75) is 26.7 Å². The van der Waals surface area contributed by atoms with Gasteiger partial charge in [0.1, 0.15) is 5.82 Å². The lowest BCUT2D eigenvalue weighted by molar-refractivity contribution is 0.605. The second kappa shape index (κ2) is 4.24. The SMILES string of the molecule is C[C](C)CCc1ccccc1F. The highest BCUT2D eigenvalue weighted by atomic mass is 19.1. The van der Waals surface area contributed by atoms with E-state index in [-0.39, 0.29) is 5.82 Å². The van der Waals surface area contributed by atoms with Gasteiger partial charge in [-0.25, -0.2) is 4.39 Å². The molecule has 0 aliphatic heterocycles. The molecule has 0 saturated carbocycles. The van der Waals surface area contributed by atoms with Crippen LogP contribution in [0.2, 0.25) is 0 Å². The molecular formula is C11H14F. The van der Waals surface area contributed by atoms with Crippen molar-refractivity contribution in [3.63, 3.8) is 0 Å². The number of hydrogen-bond acceptors (Lipinski definition) is 0. The first kappa shape index (κ1) is 9.24. The van der Waals surface area contributed by atoms with Crippen molar-refractivity contribution in [3.05, 3.63) is 41.6 Å². The minimum Gasteiger partial charge on any atom is -0.207 e. The molecule has 1 radical (unpaired) electrons. The van der Waals surface area contributed by atoms with E-state index in [0.717, 1.165) is 18.4 Å². The molecule has 1 rings (SSSR count). The highest BCUT2D eigenvalue weighted by molar-refractivity contribution is 5.17. The van der Waals surface area contributed by atoms with E-state index < -0.39 is 0 Å². The van der Waals surface area contributed by atoms with Gasteiger partial charge in [0, 0.05) is 0 Å². The number of hydrogen-bond donors (Lipinski definition) is 0. The zero-order valence-electron chi connectivity index (χ0n) is 7.60. The molecule has 0 bridgehead atoms. The van der Waals surface area contributed by atoms with Crippen LogP contribution in [0.4, 0.5) is 4.39 Å². The fourth-order valence-electron chi connectivity index (χ4n) is 1.09. The molecule has 65 valence electrons. The minimum absolute atomic E-state index is 0.0845. The van der Waals surface area contributed by atoms with Gasteiger partial charge in [-0.2, -0.15) is 0 Å². The van der Waals surface area contributed by atoms with Crippen LogP contribution in [0, 0.1) is 11.7 Å². The van der Waals surface area contributed by atoms with Crippen LogP contribution in [-0.4, -0.2) is 0 Å². The number of aryl methyl sites for hydroxylation is 1. The van der Waals surface area contributed by atoms with Crippen LogP contribution in [-0.2, 0) is 6.42 Å². The Labute approximate surface area is 73.4 Å². The summed E-state index contributed by atoms with van der Waals surface area (Å²) < 4.78 is 13.0. The summed E-state index contributed by atoms with van der Waals surface area (Å²) in [6, 6.07) is 6.96. The van der Waals surface area contributed by atoms with E-state index in [9.17, 15) is 4.39 Å². The molecule has 1 heteroatoms. The molecular weight excluding hydrogens is 151 g/mol. The van der Waals surface area contributed by atoms with Crippen molar-refractivity contribution in [3.8, 4) is 0 Å². The first-order valence-corrected chi connectivity index (χ1v) is 4.22. The predicted octanol–water partition coefficient (Wildman–Crippen LogP) is 3.37. The van der Waals surface area contributed by atoms with Gasteiger partial charge in [0.25, 0.3) is 0 Å². The van der Waals surface area contributed by atoms with Gasteiger partial charge in [-0.05, 0) is 30.4 Å². The molecule has 1 aromatic rings. The Morgan fingerprint density at radius 3 is 2.50 bits per heavy atom. The molecule has 0 saturated heterocycles. The van der Waals surface area contributed by atoms with E-state index in [4.69, 9.17) is 0 Å². The molecule has 0 N–H and O–H groups in total. The summed E-state index contributed by atoms with van der Waals surface area (Å²) in [5, 5.41) is 0. The van der Waals surface area contributed by atoms with Gasteiger partial charge >= 0.3 is 0 Å². The zero-order chi connectivity index (χ0) is 8.97. The van der Waals surface area contributed by atoms with Crippen LogP contribution in [0.1, 0.15) is 25.8 Å². The molecule has 0 heterocycles. The lowest BCUT2D eigenvalue weighted by Crippen LogP contribution is -1.93. The van der Waals surface area contributed by atoms with Gasteiger partial charge < -0.3 is 0 Å². The largest absolute Gasteiger partial charge is 0.207 e. The Morgan fingerprint density at radius 1 is 1.25 bits per heavy atom. The van der Waals surface area contributed by atoms with Gasteiger partial charge in [-0.3, -0.25) is 0 Å². The molecule has 0 spiro atoms. The predicted molar refractivity (Wildman–Crippen MR) is 49.3 cm³/mol. The van der Waals surface area contributed by atoms with Crippen LogP contribution in [0.3, 0.4) is 0 Å². The van der Waals surface area contributed by atoms with Crippen molar-refractivity contribution in [2.24, 2.45) is 0 Å². The normalized spacial score (nSPS) is 10.7. The maximum Gasteiger partial charge on any atom is 0.126 e. The average Bonchev–Trinajstić information content (AvgIpc) is 2.03. The molecule has 0 fully saturated rings. The standard InChI is InChI=1S/C11H14F/c1-9(2)7-8-10-5-3-4-6-11(10)12/h3-6H,7-8H2,1-2H3. The molecule has 1 aromatic carbocycles. The maximum atomic E-state index is 13.0. The van der Waals surface area contributed by atoms with Crippen molar-refractivity contribution in [1.29, 1.82) is 0 Å². The van der Waals surface area contributed by atoms with Crippen LogP contribution >= 0.6 is 0 Å². The van der Waals surface area contributed by atoms with E-state index >= 15 is 0 Å². The Hall–Kier alpha value is -0.850. The lowest BCUT2D eigenvalue weighted by atomic mass is 10.0. The average molecular weight is 165 g/mol. The molecule has 0 aliphatic carbocycles. The summed E-state index contributed by atoms with van der Waals surface area (Å²) in [7, 11) is 0. The van der Waals surface area contributed by atoms with Gasteiger partial charge in [0.05, 0.1) is 0 Å². The van der Waals surface area contributed by atoms with E-state index in [1.807, 2.05) is 12.1 Å². The third-order valence-electron chi connectivity index (χ3n) is 1.85. The maximum absolute atomic E-state index is 13.0. The first-order valence-electron chi connectivity index (χ1n) is 4.22. The zero-order valence-corrected chi connectivity index (χ0v) is 7.60. The Balaban J connectivity index is 2.57. The van der Waals surface area contributed by atoms with Crippen molar-refractivity contribution in [2.75, 3.05) is 0 Å². The van der Waals surface area contributed by atoms with E-state index in [1.165, 1.54) is 12.0 Å². The fraction of sp³-hybridized carbons (Fsp3) is 0.364. The molecule has 12 heavy (non-hydrogen) atoms. The molecule has 0 nitrogen and oxygen atoms in total. The monoisotopic (exact) mass is 165 g/mol. The van der Waals surface area contributed by atoms with Crippen LogP contribution in [0.5, 0.6) is 0 Å². The minimum atomic E-state index is -0.0845. The van der Waals surface area contributed by atoms with Crippen molar-refractivity contribution in [1.82, 2.24) is 0 Å². The molecule has 0 aromatic heterocycles. The van der Waals surface area contributed by atoms with Crippen LogP contribution in [0.15, 0.2) is 24.3 Å². The van der Waals surface area contributed by atoms with Gasteiger partial charge in [-0.15, -0.1) is 0 Å². The van der Waals surface area contributed by atoms with Gasteiger partial charge in [-0.1, -0.05) is 32.0 Å². The molecule has 0 amide bonds. The van der Waals surface area contributed by atoms with Gasteiger partial charge in [0.2, 0.25) is 0 Å². The quantitative estimate of drug-likeness (QED) is 0.644. The van der Waals surface area contributed by atoms with E-state index in [0.29, 0.717) is 0 Å². The second-order valence-corrected chi connectivity index (χ2v) is 3.30. The summed E-state index contributed by atoms with van der Waals surface area (Å²) in [5.74, 6) is 1.26. The Kier molecular flexibility index (Phi) is 3.27. The molecule has 0 unspecified atom stereocenters. The third-order valence-corrected chi connectivity index (χ3v) is 1.85. The summed E-state index contributed by atoms with van der Waals surface area (Å²) >= 11 is 0. The number of benzene rings is 1. The van der Waals surface area contributed by atoms with Crippen LogP contribution in [0.25, 0.3) is 0 Å². The second-order valence-electron chi connectivity index (χ2n) is 3.30. The highest BCUT2D eigenvalue weighted by Gasteiger charge is 2.01. The first-order chi connectivity index (χ1) is 5.70. The highest BCUT2D eigenvalue weighted by Crippen LogP contribution is 2.12. The summed E-state index contributed by atoms with van der Waals surface area (Å²) in [6.07, 6.45) is 1.79. The fourth-order valence-corrected chi connectivity index (χ4v) is 1.09. The van der Waals surface area contributed by atoms with E-state index in [1.54, 1.807) is 6.07 Å². The summed E-state index contributed by atoms with van der Waals surface area (Å²) in [4.78, 5) is 0. The Morgan fingerprint density at radius 2 is 1.92 bits per heavy atom. The number of halogens is 1. The topological polar surface area (TPSA) is 0 Å². The third kappa shape index (κ3) is 2.65. The van der Waals surface area contributed by atoms with Crippen LogP contribution < -0.4 is 0 Å². The molecule has 0 atom stereocenters. The van der Waals surface area contributed by atoms with E-state index in [2.05, 4.69) is 13.8 Å². The Bertz CT molecular complexity index is 241. The van der Waals surface area contributed by atoms with Gasteiger partial charge in [0.15, 0.2) is 0 Å². The number of rotatable bonds is 3. The van der Waals surface area contributed by atoms with Crippen molar-refractivity contribution >= 4 is 0 Å². The lowest BCUT2D eigenvalue weighted by Gasteiger charge is -2.04.